The lowest BCUT2D eigenvalue weighted by molar-refractivity contribution is 0.0989. The number of rotatable bonds is 5. The van der Waals surface area contributed by atoms with Crippen LogP contribution in [-0.2, 0) is 10.0 Å². The number of nitrogens with zero attached hydrogens (tertiary/aromatic N) is 2. The first-order valence-electron chi connectivity index (χ1n) is 8.56. The molecule has 0 unspecified atom stereocenters. The van der Waals surface area contributed by atoms with Gasteiger partial charge in [0.15, 0.2) is 5.69 Å². The molecule has 0 aliphatic heterocycles. The third-order valence-electron chi connectivity index (χ3n) is 4.24. The van der Waals surface area contributed by atoms with Gasteiger partial charge in [0.2, 0.25) is 0 Å². The number of nitrogens with one attached hydrogen (secondary N) is 1. The first kappa shape index (κ1) is 22.0. The van der Waals surface area contributed by atoms with Crippen LogP contribution in [0.4, 0.5) is 15.8 Å². The molecule has 0 atom stereocenters. The molecule has 0 bridgehead atoms. The Morgan fingerprint density at radius 1 is 1.13 bits per heavy atom. The molecule has 0 radical (unpaired) electrons. The maximum atomic E-state index is 13.5. The minimum Gasteiger partial charge on any atom is -0.310 e. The van der Waals surface area contributed by atoms with Gasteiger partial charge < -0.3 is 4.90 Å². The summed E-state index contributed by atoms with van der Waals surface area (Å²) in [5.74, 6) is -1.17. The van der Waals surface area contributed by atoms with Gasteiger partial charge in [0.05, 0.1) is 15.6 Å². The van der Waals surface area contributed by atoms with Crippen LogP contribution in [0.1, 0.15) is 16.1 Å². The topological polar surface area (TPSA) is 79.4 Å². The Morgan fingerprint density at radius 3 is 2.53 bits per heavy atom. The number of sulfonamides is 1. The molecular formula is C20H16Cl2FN3O3S. The van der Waals surface area contributed by atoms with Crippen LogP contribution < -0.4 is 9.62 Å². The molecule has 1 aromatic heterocycles. The Balaban J connectivity index is 1.99. The van der Waals surface area contributed by atoms with Crippen LogP contribution in [0.25, 0.3) is 0 Å². The number of aromatic nitrogens is 1. The Bertz CT molecular complexity index is 1240. The second kappa shape index (κ2) is 8.59. The lowest BCUT2D eigenvalue weighted by atomic mass is 10.2. The lowest BCUT2D eigenvalue weighted by Gasteiger charge is -2.19. The van der Waals surface area contributed by atoms with E-state index >= 15 is 0 Å². The van der Waals surface area contributed by atoms with Crippen LogP contribution >= 0.6 is 23.2 Å². The predicted molar refractivity (Wildman–Crippen MR) is 115 cm³/mol. The van der Waals surface area contributed by atoms with Crippen LogP contribution in [-0.4, -0.2) is 26.4 Å². The molecule has 6 nitrogen and oxygen atoms in total. The monoisotopic (exact) mass is 467 g/mol. The summed E-state index contributed by atoms with van der Waals surface area (Å²) in [6, 6.07) is 10.9. The van der Waals surface area contributed by atoms with Gasteiger partial charge in [0.25, 0.3) is 15.9 Å². The molecule has 0 saturated carbocycles. The first-order chi connectivity index (χ1) is 14.1. The van der Waals surface area contributed by atoms with E-state index in [-0.39, 0.29) is 27.0 Å². The number of hydrogen-bond acceptors (Lipinski definition) is 4. The second-order valence-electron chi connectivity index (χ2n) is 6.41. The minimum atomic E-state index is -4.06. The Morgan fingerprint density at radius 2 is 1.87 bits per heavy atom. The van der Waals surface area contributed by atoms with Crippen LogP contribution in [0.3, 0.4) is 0 Å². The molecule has 2 aromatic carbocycles. The van der Waals surface area contributed by atoms with E-state index in [1.165, 1.54) is 61.8 Å². The fourth-order valence-electron chi connectivity index (χ4n) is 2.64. The maximum absolute atomic E-state index is 13.5. The molecule has 156 valence electrons. The standard InChI is InChI=1S/C20H16Cl2FN3O3S/c1-12-8-16(6-7-17(12)22)30(28,29)25-18-9-13(21)11-24-19(18)20(27)26(2)15-5-3-4-14(23)10-15/h3-11,25H,1-2H3. The fourth-order valence-corrected chi connectivity index (χ4v) is 4.05. The zero-order chi connectivity index (χ0) is 22.1. The molecule has 30 heavy (non-hydrogen) atoms. The molecular weight excluding hydrogens is 452 g/mol. The van der Waals surface area contributed by atoms with Gasteiger partial charge in [-0.15, -0.1) is 0 Å². The van der Waals surface area contributed by atoms with Crippen molar-refractivity contribution in [2.24, 2.45) is 0 Å². The van der Waals surface area contributed by atoms with Crippen molar-refractivity contribution in [2.75, 3.05) is 16.7 Å². The van der Waals surface area contributed by atoms with Crippen molar-refractivity contribution < 1.29 is 17.6 Å². The van der Waals surface area contributed by atoms with Gasteiger partial charge in [0.1, 0.15) is 5.82 Å². The number of halogens is 3. The van der Waals surface area contributed by atoms with E-state index in [2.05, 4.69) is 9.71 Å². The fraction of sp³-hybridized carbons (Fsp3) is 0.100. The van der Waals surface area contributed by atoms with E-state index in [0.717, 1.165) is 4.90 Å². The molecule has 0 aliphatic rings. The summed E-state index contributed by atoms with van der Waals surface area (Å²) in [5.41, 5.74) is 0.550. The summed E-state index contributed by atoms with van der Waals surface area (Å²) in [4.78, 5) is 18.1. The molecule has 10 heteroatoms. The highest BCUT2D eigenvalue weighted by atomic mass is 35.5. The average molecular weight is 468 g/mol. The van der Waals surface area contributed by atoms with E-state index in [4.69, 9.17) is 23.2 Å². The van der Waals surface area contributed by atoms with Crippen molar-refractivity contribution in [3.8, 4) is 0 Å². The van der Waals surface area contributed by atoms with E-state index in [0.29, 0.717) is 10.6 Å². The van der Waals surface area contributed by atoms with Gasteiger partial charge in [-0.3, -0.25) is 9.52 Å². The third kappa shape index (κ3) is 4.72. The molecule has 1 amide bonds. The van der Waals surface area contributed by atoms with E-state index in [1.54, 1.807) is 6.92 Å². The number of hydrogen-bond donors (Lipinski definition) is 1. The summed E-state index contributed by atoms with van der Waals surface area (Å²) < 4.78 is 41.5. The Labute approximate surface area is 183 Å². The first-order valence-corrected chi connectivity index (χ1v) is 10.8. The summed E-state index contributed by atoms with van der Waals surface area (Å²) in [6.45, 7) is 1.67. The highest BCUT2D eigenvalue weighted by Gasteiger charge is 2.24. The maximum Gasteiger partial charge on any atom is 0.278 e. The highest BCUT2D eigenvalue weighted by molar-refractivity contribution is 7.92. The molecule has 3 rings (SSSR count). The van der Waals surface area contributed by atoms with Crippen LogP contribution in [0, 0.1) is 12.7 Å². The third-order valence-corrected chi connectivity index (χ3v) is 6.24. The summed E-state index contributed by atoms with van der Waals surface area (Å²) in [6.07, 6.45) is 1.22. The zero-order valence-corrected chi connectivity index (χ0v) is 18.2. The predicted octanol–water partition coefficient (Wildman–Crippen LogP) is 4.91. The Hall–Kier alpha value is -2.68. The highest BCUT2D eigenvalue weighted by Crippen LogP contribution is 2.26. The second-order valence-corrected chi connectivity index (χ2v) is 8.94. The minimum absolute atomic E-state index is 0.0405. The van der Waals surface area contributed by atoms with Crippen molar-refractivity contribution in [1.82, 2.24) is 4.98 Å². The van der Waals surface area contributed by atoms with Crippen molar-refractivity contribution >= 4 is 50.5 Å². The van der Waals surface area contributed by atoms with Gasteiger partial charge in [-0.25, -0.2) is 17.8 Å². The van der Waals surface area contributed by atoms with Crippen LogP contribution in [0.15, 0.2) is 59.6 Å². The molecule has 1 N–H and O–H groups in total. The number of aryl methyl sites for hydroxylation is 1. The molecule has 0 spiro atoms. The number of benzene rings is 2. The van der Waals surface area contributed by atoms with Crippen molar-refractivity contribution in [3.05, 3.63) is 81.8 Å². The van der Waals surface area contributed by atoms with E-state index in [1.807, 2.05) is 0 Å². The summed E-state index contributed by atoms with van der Waals surface area (Å²) in [7, 11) is -2.64. The molecule has 0 fully saturated rings. The SMILES string of the molecule is Cc1cc(S(=O)(=O)Nc2cc(Cl)cnc2C(=O)N(C)c2cccc(F)c2)ccc1Cl. The Kier molecular flexibility index (Phi) is 6.30. The van der Waals surface area contributed by atoms with Gasteiger partial charge in [-0.2, -0.15) is 0 Å². The number of pyridine rings is 1. The molecule has 0 aliphatic carbocycles. The molecule has 0 saturated heterocycles. The zero-order valence-electron chi connectivity index (χ0n) is 15.9. The van der Waals surface area contributed by atoms with Gasteiger partial charge >= 0.3 is 0 Å². The van der Waals surface area contributed by atoms with Gasteiger partial charge in [-0.05, 0) is 55.0 Å². The quantitative estimate of drug-likeness (QED) is 0.577. The largest absolute Gasteiger partial charge is 0.310 e. The van der Waals surface area contributed by atoms with Crippen molar-refractivity contribution in [3.63, 3.8) is 0 Å². The summed E-state index contributed by atoms with van der Waals surface area (Å²) in [5, 5.41) is 0.552. The van der Waals surface area contributed by atoms with Crippen molar-refractivity contribution in [2.45, 2.75) is 11.8 Å². The summed E-state index contributed by atoms with van der Waals surface area (Å²) >= 11 is 11.9. The number of amides is 1. The molecule has 1 heterocycles. The number of anilines is 2. The smallest absolute Gasteiger partial charge is 0.278 e. The molecule has 3 aromatic rings. The number of carbonyl (C=O) groups excluding carboxylic acids is 1. The normalized spacial score (nSPS) is 11.2. The van der Waals surface area contributed by atoms with Gasteiger partial charge in [-0.1, -0.05) is 29.3 Å². The van der Waals surface area contributed by atoms with Crippen molar-refractivity contribution in [1.29, 1.82) is 0 Å². The average Bonchev–Trinajstić information content (AvgIpc) is 2.68. The van der Waals surface area contributed by atoms with E-state index < -0.39 is 21.7 Å². The lowest BCUT2D eigenvalue weighted by Crippen LogP contribution is -2.28. The number of carbonyl (C=O) groups is 1. The van der Waals surface area contributed by atoms with Gasteiger partial charge in [0, 0.05) is 24.0 Å². The van der Waals surface area contributed by atoms with Crippen LogP contribution in [0.2, 0.25) is 10.0 Å². The van der Waals surface area contributed by atoms with E-state index in [9.17, 15) is 17.6 Å². The van der Waals surface area contributed by atoms with Crippen LogP contribution in [0.5, 0.6) is 0 Å².